The fourth-order valence-corrected chi connectivity index (χ4v) is 2.91. The molecule has 0 aliphatic heterocycles. The molecule has 0 aliphatic rings. The number of aromatic nitrogens is 1. The lowest BCUT2D eigenvalue weighted by Crippen LogP contribution is -2.24. The summed E-state index contributed by atoms with van der Waals surface area (Å²) in [6, 6.07) is 8.40. The maximum absolute atomic E-state index is 13.2. The maximum atomic E-state index is 13.2. The van der Waals surface area contributed by atoms with Crippen LogP contribution in [0.15, 0.2) is 47.3 Å². The van der Waals surface area contributed by atoms with E-state index in [0.717, 1.165) is 18.2 Å². The molecule has 1 aromatic heterocycles. The van der Waals surface area contributed by atoms with Gasteiger partial charge in [-0.05, 0) is 35.4 Å². The van der Waals surface area contributed by atoms with E-state index in [-0.39, 0.29) is 29.0 Å². The van der Waals surface area contributed by atoms with Crippen molar-refractivity contribution in [3.8, 4) is 16.9 Å². The Hall–Kier alpha value is -4.21. The number of nitrogen functional groups attached to an aromatic ring is 1. The standard InChI is InChI=1S/C20H14F2N2O6/c21-11-5-9(6-12(22)7-11)8-30-13-3-1-10(2-4-13)14-15(19(26)27)17(23)24-18(25)16(14)20(28)29/h1-7H,8H2,(H,26,27)(H,28,29)(H3,23,24,25). The van der Waals surface area contributed by atoms with Crippen molar-refractivity contribution in [3.05, 3.63) is 81.1 Å². The second-order valence-electron chi connectivity index (χ2n) is 6.19. The number of carboxylic acids is 2. The summed E-state index contributed by atoms with van der Waals surface area (Å²) in [4.78, 5) is 37.2. The van der Waals surface area contributed by atoms with Gasteiger partial charge >= 0.3 is 11.9 Å². The molecule has 3 rings (SSSR count). The number of rotatable bonds is 6. The lowest BCUT2D eigenvalue weighted by atomic mass is 9.95. The Morgan fingerprint density at radius 3 is 2.07 bits per heavy atom. The van der Waals surface area contributed by atoms with E-state index in [1.807, 2.05) is 4.98 Å². The highest BCUT2D eigenvalue weighted by Gasteiger charge is 2.26. The molecule has 5 N–H and O–H groups in total. The van der Waals surface area contributed by atoms with Crippen molar-refractivity contribution in [2.45, 2.75) is 6.61 Å². The van der Waals surface area contributed by atoms with Gasteiger partial charge in [-0.2, -0.15) is 0 Å². The van der Waals surface area contributed by atoms with E-state index in [4.69, 9.17) is 10.5 Å². The number of halogens is 2. The first kappa shape index (κ1) is 20.5. The highest BCUT2D eigenvalue weighted by molar-refractivity contribution is 6.07. The molecule has 3 aromatic rings. The molecule has 1 heterocycles. The molecule has 0 spiro atoms. The third-order valence-corrected chi connectivity index (χ3v) is 4.14. The van der Waals surface area contributed by atoms with Crippen molar-refractivity contribution >= 4 is 17.8 Å². The summed E-state index contributed by atoms with van der Waals surface area (Å²) in [6.07, 6.45) is 0. The van der Waals surface area contributed by atoms with Gasteiger partial charge in [0.2, 0.25) is 0 Å². The molecule has 0 saturated heterocycles. The summed E-state index contributed by atoms with van der Waals surface area (Å²) < 4.78 is 31.9. The molecule has 8 nitrogen and oxygen atoms in total. The smallest absolute Gasteiger partial charge is 0.342 e. The largest absolute Gasteiger partial charge is 0.489 e. The normalized spacial score (nSPS) is 10.6. The second-order valence-corrected chi connectivity index (χ2v) is 6.19. The van der Waals surface area contributed by atoms with Crippen LogP contribution in [0, 0.1) is 11.6 Å². The van der Waals surface area contributed by atoms with Crippen molar-refractivity contribution in [1.82, 2.24) is 4.98 Å². The molecular formula is C20H14F2N2O6. The average Bonchev–Trinajstić information content (AvgIpc) is 2.64. The number of aromatic amines is 1. The molecule has 154 valence electrons. The Kier molecular flexibility index (Phi) is 5.50. The summed E-state index contributed by atoms with van der Waals surface area (Å²) in [6.45, 7) is -0.146. The molecule has 0 bridgehead atoms. The molecule has 2 aromatic carbocycles. The zero-order chi connectivity index (χ0) is 22.0. The summed E-state index contributed by atoms with van der Waals surface area (Å²) in [5.41, 5.74) is 3.20. The Morgan fingerprint density at radius 2 is 1.53 bits per heavy atom. The SMILES string of the molecule is Nc1[nH]c(=O)c(C(=O)O)c(-c2ccc(OCc3cc(F)cc(F)c3)cc2)c1C(=O)O. The number of pyridine rings is 1. The first-order chi connectivity index (χ1) is 14.2. The van der Waals surface area contributed by atoms with Gasteiger partial charge in [-0.15, -0.1) is 0 Å². The zero-order valence-corrected chi connectivity index (χ0v) is 15.1. The fraction of sp³-hybridized carbons (Fsp3) is 0.0500. The summed E-state index contributed by atoms with van der Waals surface area (Å²) in [5.74, 6) is -4.87. The zero-order valence-electron chi connectivity index (χ0n) is 15.1. The van der Waals surface area contributed by atoms with Crippen LogP contribution in [0.2, 0.25) is 0 Å². The van der Waals surface area contributed by atoms with Crippen LogP contribution in [0.1, 0.15) is 26.3 Å². The first-order valence-corrected chi connectivity index (χ1v) is 8.38. The van der Waals surface area contributed by atoms with Gasteiger partial charge in [0.05, 0.1) is 0 Å². The molecule has 10 heteroatoms. The summed E-state index contributed by atoms with van der Waals surface area (Å²) in [5, 5.41) is 18.8. The Morgan fingerprint density at radius 1 is 0.967 bits per heavy atom. The molecular weight excluding hydrogens is 402 g/mol. The molecule has 30 heavy (non-hydrogen) atoms. The van der Waals surface area contributed by atoms with Crippen LogP contribution in [0.4, 0.5) is 14.6 Å². The average molecular weight is 416 g/mol. The number of nitrogens with one attached hydrogen (secondary N) is 1. The number of carboxylic acid groups (broad SMARTS) is 2. The van der Waals surface area contributed by atoms with E-state index in [2.05, 4.69) is 0 Å². The van der Waals surface area contributed by atoms with Gasteiger partial charge in [0.25, 0.3) is 5.56 Å². The third-order valence-electron chi connectivity index (χ3n) is 4.14. The van der Waals surface area contributed by atoms with Crippen molar-refractivity contribution in [2.24, 2.45) is 0 Å². The Bertz CT molecular complexity index is 1180. The van der Waals surface area contributed by atoms with Gasteiger partial charge in [0.1, 0.15) is 40.9 Å². The van der Waals surface area contributed by atoms with E-state index in [0.29, 0.717) is 0 Å². The molecule has 0 atom stereocenters. The van der Waals surface area contributed by atoms with Gasteiger partial charge < -0.3 is 25.7 Å². The van der Waals surface area contributed by atoms with Crippen molar-refractivity contribution in [3.63, 3.8) is 0 Å². The Labute approximate surface area is 167 Å². The monoisotopic (exact) mass is 416 g/mol. The van der Waals surface area contributed by atoms with Crippen molar-refractivity contribution in [1.29, 1.82) is 0 Å². The molecule has 0 amide bonds. The number of nitrogens with two attached hydrogens (primary N) is 1. The quantitative estimate of drug-likeness (QED) is 0.484. The van der Waals surface area contributed by atoms with Crippen LogP contribution in [0.5, 0.6) is 5.75 Å². The number of ether oxygens (including phenoxy) is 1. The van der Waals surface area contributed by atoms with Crippen LogP contribution in [0.25, 0.3) is 11.1 Å². The predicted molar refractivity (Wildman–Crippen MR) is 102 cm³/mol. The van der Waals surface area contributed by atoms with E-state index in [9.17, 15) is 33.4 Å². The summed E-state index contributed by atoms with van der Waals surface area (Å²) in [7, 11) is 0. The number of H-pyrrole nitrogens is 1. The first-order valence-electron chi connectivity index (χ1n) is 8.38. The topological polar surface area (TPSA) is 143 Å². The van der Waals surface area contributed by atoms with Gasteiger partial charge in [0, 0.05) is 11.6 Å². The third kappa shape index (κ3) is 4.12. The van der Waals surface area contributed by atoms with E-state index in [1.165, 1.54) is 24.3 Å². The highest BCUT2D eigenvalue weighted by atomic mass is 19.1. The number of hydrogen-bond acceptors (Lipinski definition) is 5. The van der Waals surface area contributed by atoms with E-state index in [1.54, 1.807) is 0 Å². The van der Waals surface area contributed by atoms with Gasteiger partial charge in [-0.1, -0.05) is 12.1 Å². The van der Waals surface area contributed by atoms with Gasteiger partial charge in [-0.3, -0.25) is 4.79 Å². The lowest BCUT2D eigenvalue weighted by molar-refractivity contribution is 0.0695. The van der Waals surface area contributed by atoms with E-state index < -0.39 is 46.1 Å². The molecule has 0 fully saturated rings. The fourth-order valence-electron chi connectivity index (χ4n) is 2.91. The number of benzene rings is 2. The number of aromatic carboxylic acids is 2. The van der Waals surface area contributed by atoms with E-state index >= 15 is 0 Å². The number of hydrogen-bond donors (Lipinski definition) is 4. The predicted octanol–water partition coefficient (Wildman–Crippen LogP) is 2.88. The minimum absolute atomic E-state index is 0.103. The van der Waals surface area contributed by atoms with Crippen LogP contribution < -0.4 is 16.0 Å². The highest BCUT2D eigenvalue weighted by Crippen LogP contribution is 2.30. The van der Waals surface area contributed by atoms with Gasteiger partial charge in [0.15, 0.2) is 0 Å². The van der Waals surface area contributed by atoms with Crippen molar-refractivity contribution in [2.75, 3.05) is 5.73 Å². The minimum Gasteiger partial charge on any atom is -0.489 e. The lowest BCUT2D eigenvalue weighted by Gasteiger charge is -2.13. The second kappa shape index (κ2) is 8.03. The maximum Gasteiger partial charge on any atom is 0.342 e. The van der Waals surface area contributed by atoms with Crippen molar-refractivity contribution < 1.29 is 33.3 Å². The van der Waals surface area contributed by atoms with Crippen LogP contribution in [-0.2, 0) is 6.61 Å². The molecule has 0 aliphatic carbocycles. The van der Waals surface area contributed by atoms with Crippen LogP contribution >= 0.6 is 0 Å². The molecule has 0 unspecified atom stereocenters. The number of carbonyl (C=O) groups is 2. The van der Waals surface area contributed by atoms with Crippen LogP contribution in [-0.4, -0.2) is 27.1 Å². The van der Waals surface area contributed by atoms with Gasteiger partial charge in [-0.25, -0.2) is 18.4 Å². The molecule has 0 radical (unpaired) electrons. The molecule has 0 saturated carbocycles. The summed E-state index contributed by atoms with van der Waals surface area (Å²) >= 11 is 0. The Balaban J connectivity index is 1.97. The van der Waals surface area contributed by atoms with Crippen LogP contribution in [0.3, 0.4) is 0 Å². The number of anilines is 1. The minimum atomic E-state index is -1.62.